The predicted molar refractivity (Wildman–Crippen MR) is 36.7 cm³/mol. The molecule has 0 saturated carbocycles. The lowest BCUT2D eigenvalue weighted by atomic mass is 10.5. The zero-order valence-electron chi connectivity index (χ0n) is 3.98. The molecule has 0 radical (unpaired) electrons. The standard InChI is InChI=1S/C5H3BrN2/c6-4-1-5(2-7)8-3-4/h1,3,7H. The highest BCUT2D eigenvalue weighted by atomic mass is 79.9. The summed E-state index contributed by atoms with van der Waals surface area (Å²) in [6.07, 6.45) is 3.36. The van der Waals surface area contributed by atoms with Gasteiger partial charge in [0, 0.05) is 16.6 Å². The third kappa shape index (κ3) is 0.941. The number of nitrogens with one attached hydrogen (secondary N) is 1. The van der Waals surface area contributed by atoms with Crippen molar-refractivity contribution in [2.45, 2.75) is 0 Å². The van der Waals surface area contributed by atoms with Gasteiger partial charge in [-0.25, -0.2) is 4.99 Å². The van der Waals surface area contributed by atoms with E-state index in [9.17, 15) is 0 Å². The molecule has 0 bridgehead atoms. The first kappa shape index (κ1) is 5.48. The van der Waals surface area contributed by atoms with Crippen molar-refractivity contribution < 1.29 is 0 Å². The van der Waals surface area contributed by atoms with Gasteiger partial charge in [0.15, 0.2) is 0 Å². The third-order valence-corrected chi connectivity index (χ3v) is 1.16. The molecular formula is C5H3BrN2. The summed E-state index contributed by atoms with van der Waals surface area (Å²) in [5.74, 6) is 2.16. The smallest absolute Gasteiger partial charge is 0.125 e. The van der Waals surface area contributed by atoms with Crippen molar-refractivity contribution in [2.24, 2.45) is 4.99 Å². The van der Waals surface area contributed by atoms with Gasteiger partial charge in [0.1, 0.15) is 5.70 Å². The van der Waals surface area contributed by atoms with E-state index in [4.69, 9.17) is 5.41 Å². The first-order valence-corrected chi connectivity index (χ1v) is 2.83. The minimum absolute atomic E-state index is 0.567. The zero-order chi connectivity index (χ0) is 5.98. The molecule has 0 aromatic heterocycles. The van der Waals surface area contributed by atoms with Crippen molar-refractivity contribution in [3.63, 3.8) is 0 Å². The summed E-state index contributed by atoms with van der Waals surface area (Å²) >= 11 is 3.19. The van der Waals surface area contributed by atoms with E-state index in [1.165, 1.54) is 0 Å². The van der Waals surface area contributed by atoms with Crippen LogP contribution < -0.4 is 0 Å². The summed E-state index contributed by atoms with van der Waals surface area (Å²) in [5, 5.41) is 6.62. The van der Waals surface area contributed by atoms with Gasteiger partial charge in [-0.3, -0.25) is 5.41 Å². The Morgan fingerprint density at radius 3 is 2.75 bits per heavy atom. The van der Waals surface area contributed by atoms with Crippen molar-refractivity contribution in [2.75, 3.05) is 0 Å². The summed E-state index contributed by atoms with van der Waals surface area (Å²) < 4.78 is 0.896. The maximum atomic E-state index is 6.62. The highest BCUT2D eigenvalue weighted by molar-refractivity contribution is 9.12. The minimum Gasteiger partial charge on any atom is -0.257 e. The van der Waals surface area contributed by atoms with E-state index in [0.717, 1.165) is 4.48 Å². The van der Waals surface area contributed by atoms with Crippen LogP contribution in [0.25, 0.3) is 0 Å². The lowest BCUT2D eigenvalue weighted by Gasteiger charge is -1.71. The van der Waals surface area contributed by atoms with Crippen LogP contribution >= 0.6 is 15.9 Å². The van der Waals surface area contributed by atoms with Gasteiger partial charge in [0.05, 0.1) is 0 Å². The fourth-order valence-electron chi connectivity index (χ4n) is 0.405. The number of allylic oxidation sites excluding steroid dienone is 2. The van der Waals surface area contributed by atoms with Crippen LogP contribution in [0.4, 0.5) is 0 Å². The second-order valence-electron chi connectivity index (χ2n) is 1.30. The fraction of sp³-hybridized carbons (Fsp3) is 0. The van der Waals surface area contributed by atoms with Gasteiger partial charge < -0.3 is 0 Å². The molecule has 1 aliphatic heterocycles. The molecule has 0 aromatic carbocycles. The lowest BCUT2D eigenvalue weighted by Crippen LogP contribution is -1.61. The number of rotatable bonds is 0. The maximum absolute atomic E-state index is 6.62. The molecule has 0 unspecified atom stereocenters. The fourth-order valence-corrected chi connectivity index (χ4v) is 0.724. The number of hydrogen-bond acceptors (Lipinski definition) is 2. The van der Waals surface area contributed by atoms with E-state index < -0.39 is 0 Å². The van der Waals surface area contributed by atoms with Crippen LogP contribution in [0.2, 0.25) is 0 Å². The Morgan fingerprint density at radius 1 is 1.75 bits per heavy atom. The monoisotopic (exact) mass is 170 g/mol. The number of aliphatic imine (C=N–C) groups is 1. The molecule has 1 heterocycles. The molecule has 3 heteroatoms. The average Bonchev–Trinajstić information content (AvgIpc) is 2.14. The number of hydrogen-bond donors (Lipinski definition) is 1. The molecule has 0 aromatic rings. The Balaban J connectivity index is 3.01. The highest BCUT2D eigenvalue weighted by Crippen LogP contribution is 2.12. The van der Waals surface area contributed by atoms with E-state index in [1.807, 2.05) is 0 Å². The Bertz CT molecular complexity index is 208. The van der Waals surface area contributed by atoms with Crippen LogP contribution in [0.5, 0.6) is 0 Å². The molecule has 1 N–H and O–H groups in total. The molecule has 0 amide bonds. The molecule has 2 nitrogen and oxygen atoms in total. The average molecular weight is 171 g/mol. The van der Waals surface area contributed by atoms with Gasteiger partial charge in [-0.15, -0.1) is 0 Å². The van der Waals surface area contributed by atoms with Gasteiger partial charge in [0.25, 0.3) is 0 Å². The second-order valence-corrected chi connectivity index (χ2v) is 2.21. The molecule has 0 fully saturated rings. The van der Waals surface area contributed by atoms with Crippen LogP contribution in [0.1, 0.15) is 0 Å². The van der Waals surface area contributed by atoms with Crippen molar-refractivity contribution in [3.8, 4) is 0 Å². The van der Waals surface area contributed by atoms with Gasteiger partial charge in [0.2, 0.25) is 0 Å². The molecule has 0 aliphatic carbocycles. The van der Waals surface area contributed by atoms with E-state index in [1.54, 1.807) is 12.3 Å². The van der Waals surface area contributed by atoms with Gasteiger partial charge in [-0.2, -0.15) is 0 Å². The summed E-state index contributed by atoms with van der Waals surface area (Å²) in [7, 11) is 0. The zero-order valence-corrected chi connectivity index (χ0v) is 5.57. The van der Waals surface area contributed by atoms with Gasteiger partial charge in [-0.05, 0) is 22.0 Å². The molecule has 1 aliphatic rings. The highest BCUT2D eigenvalue weighted by Gasteiger charge is 1.96. The van der Waals surface area contributed by atoms with Crippen molar-refractivity contribution >= 4 is 28.0 Å². The van der Waals surface area contributed by atoms with Crippen LogP contribution in [0.15, 0.2) is 21.2 Å². The van der Waals surface area contributed by atoms with E-state index in [2.05, 4.69) is 26.8 Å². The molecule has 0 spiro atoms. The molecule has 8 heavy (non-hydrogen) atoms. The second kappa shape index (κ2) is 2.07. The molecule has 0 atom stereocenters. The molecule has 1 rings (SSSR count). The quantitative estimate of drug-likeness (QED) is 0.536. The summed E-state index contributed by atoms with van der Waals surface area (Å²) in [6, 6.07) is 0. The topological polar surface area (TPSA) is 36.2 Å². The number of nitrogens with zero attached hydrogens (tertiary/aromatic N) is 1. The minimum atomic E-state index is 0.567. The summed E-state index contributed by atoms with van der Waals surface area (Å²) in [6.45, 7) is 0. The van der Waals surface area contributed by atoms with E-state index >= 15 is 0 Å². The first-order chi connectivity index (χ1) is 3.83. The molecule has 40 valence electrons. The van der Waals surface area contributed by atoms with Crippen molar-refractivity contribution in [1.82, 2.24) is 0 Å². The lowest BCUT2D eigenvalue weighted by molar-refractivity contribution is 1.48. The predicted octanol–water partition coefficient (Wildman–Crippen LogP) is 1.48. The first-order valence-electron chi connectivity index (χ1n) is 2.04. The Labute approximate surface area is 55.3 Å². The van der Waals surface area contributed by atoms with E-state index in [0.29, 0.717) is 5.70 Å². The summed E-state index contributed by atoms with van der Waals surface area (Å²) in [5.41, 5.74) is 0.567. The number of halogens is 1. The normalized spacial score (nSPS) is 16.1. The SMILES string of the molecule is N=C=C1C=C(Br)C=N1. The summed E-state index contributed by atoms with van der Waals surface area (Å²) in [4.78, 5) is 3.79. The maximum Gasteiger partial charge on any atom is 0.125 e. The van der Waals surface area contributed by atoms with Gasteiger partial charge in [-0.1, -0.05) is 0 Å². The Kier molecular flexibility index (Phi) is 1.42. The van der Waals surface area contributed by atoms with Crippen LogP contribution in [0, 0.1) is 5.41 Å². The largest absolute Gasteiger partial charge is 0.257 e. The van der Waals surface area contributed by atoms with Crippen LogP contribution in [0.3, 0.4) is 0 Å². The van der Waals surface area contributed by atoms with Gasteiger partial charge >= 0.3 is 0 Å². The van der Waals surface area contributed by atoms with Crippen molar-refractivity contribution in [3.05, 3.63) is 16.3 Å². The molecular weight excluding hydrogens is 168 g/mol. The van der Waals surface area contributed by atoms with Crippen molar-refractivity contribution in [1.29, 1.82) is 5.41 Å². The van der Waals surface area contributed by atoms with Crippen LogP contribution in [-0.2, 0) is 0 Å². The third-order valence-electron chi connectivity index (χ3n) is 0.730. The Morgan fingerprint density at radius 2 is 2.50 bits per heavy atom. The van der Waals surface area contributed by atoms with Crippen LogP contribution in [-0.4, -0.2) is 12.1 Å². The Hall–Kier alpha value is -0.660. The molecule has 0 saturated heterocycles. The van der Waals surface area contributed by atoms with E-state index in [-0.39, 0.29) is 0 Å².